The number of nitrogens with two attached hydrogens (primary N) is 1. The van der Waals surface area contributed by atoms with E-state index in [0.717, 1.165) is 25.1 Å². The normalized spacial score (nSPS) is 19.4. The quantitative estimate of drug-likeness (QED) is 0.809. The summed E-state index contributed by atoms with van der Waals surface area (Å²) in [6.07, 6.45) is 2.25. The molecule has 1 saturated heterocycles. The third-order valence-corrected chi connectivity index (χ3v) is 3.01. The standard InChI is InChI=1S/C13H18N2O2/c1-2-17-13(16)10-5-7-11(8-6-10)15-9-3-4-12(15)14/h5-8,12H,2-4,9,14H2,1H3. The predicted octanol–water partition coefficient (Wildman–Crippen LogP) is 1.75. The fourth-order valence-electron chi connectivity index (χ4n) is 2.12. The van der Waals surface area contributed by atoms with E-state index in [1.165, 1.54) is 0 Å². The number of esters is 1. The van der Waals surface area contributed by atoms with Crippen LogP contribution >= 0.6 is 0 Å². The summed E-state index contributed by atoms with van der Waals surface area (Å²) < 4.78 is 4.94. The zero-order valence-corrected chi connectivity index (χ0v) is 10.1. The van der Waals surface area contributed by atoms with Crippen molar-refractivity contribution >= 4 is 11.7 Å². The largest absolute Gasteiger partial charge is 0.462 e. The highest BCUT2D eigenvalue weighted by Gasteiger charge is 2.20. The minimum absolute atomic E-state index is 0.100. The molecule has 0 radical (unpaired) electrons. The van der Waals surface area contributed by atoms with E-state index in [1.54, 1.807) is 19.1 Å². The number of carbonyl (C=O) groups is 1. The Morgan fingerprint density at radius 1 is 1.47 bits per heavy atom. The summed E-state index contributed by atoms with van der Waals surface area (Å²) >= 11 is 0. The molecule has 2 rings (SSSR count). The first kappa shape index (κ1) is 11.9. The number of anilines is 1. The van der Waals surface area contributed by atoms with Crippen LogP contribution in [0, 0.1) is 0 Å². The van der Waals surface area contributed by atoms with Gasteiger partial charge in [0.1, 0.15) is 0 Å². The lowest BCUT2D eigenvalue weighted by atomic mass is 10.2. The molecule has 2 N–H and O–H groups in total. The minimum Gasteiger partial charge on any atom is -0.462 e. The van der Waals surface area contributed by atoms with Crippen LogP contribution in [0.15, 0.2) is 24.3 Å². The van der Waals surface area contributed by atoms with Crippen molar-refractivity contribution in [3.8, 4) is 0 Å². The predicted molar refractivity (Wildman–Crippen MR) is 67.0 cm³/mol. The molecular weight excluding hydrogens is 216 g/mol. The van der Waals surface area contributed by atoms with Crippen LogP contribution in [-0.2, 0) is 4.74 Å². The molecule has 1 aromatic rings. The van der Waals surface area contributed by atoms with Crippen molar-refractivity contribution < 1.29 is 9.53 Å². The van der Waals surface area contributed by atoms with Crippen LogP contribution in [0.25, 0.3) is 0 Å². The lowest BCUT2D eigenvalue weighted by molar-refractivity contribution is 0.0526. The van der Waals surface area contributed by atoms with Crippen LogP contribution in [0.1, 0.15) is 30.1 Å². The van der Waals surface area contributed by atoms with Crippen LogP contribution in [0.3, 0.4) is 0 Å². The topological polar surface area (TPSA) is 55.6 Å². The zero-order valence-electron chi connectivity index (χ0n) is 10.1. The van der Waals surface area contributed by atoms with Crippen LogP contribution in [0.4, 0.5) is 5.69 Å². The maximum atomic E-state index is 11.5. The number of nitrogens with zero attached hydrogens (tertiary/aromatic N) is 1. The second-order valence-electron chi connectivity index (χ2n) is 4.17. The molecule has 17 heavy (non-hydrogen) atoms. The van der Waals surface area contributed by atoms with E-state index in [4.69, 9.17) is 10.5 Å². The Bertz CT molecular complexity index is 389. The summed E-state index contributed by atoms with van der Waals surface area (Å²) in [5.74, 6) is -0.273. The minimum atomic E-state index is -0.273. The van der Waals surface area contributed by atoms with Crippen LogP contribution < -0.4 is 10.6 Å². The Hall–Kier alpha value is -1.55. The smallest absolute Gasteiger partial charge is 0.338 e. The first-order valence-corrected chi connectivity index (χ1v) is 6.02. The summed E-state index contributed by atoms with van der Waals surface area (Å²) in [5.41, 5.74) is 7.65. The molecule has 0 saturated carbocycles. The number of hydrogen-bond acceptors (Lipinski definition) is 4. The molecule has 0 amide bonds. The molecule has 1 unspecified atom stereocenters. The Morgan fingerprint density at radius 3 is 2.71 bits per heavy atom. The Kier molecular flexibility index (Phi) is 3.64. The van der Waals surface area contributed by atoms with Gasteiger partial charge in [-0.2, -0.15) is 0 Å². The average molecular weight is 234 g/mol. The van der Waals surface area contributed by atoms with Crippen molar-refractivity contribution in [2.45, 2.75) is 25.9 Å². The number of benzene rings is 1. The first-order valence-electron chi connectivity index (χ1n) is 6.02. The highest BCUT2D eigenvalue weighted by atomic mass is 16.5. The molecule has 0 spiro atoms. The van der Waals surface area contributed by atoms with Gasteiger partial charge in [0.2, 0.25) is 0 Å². The molecule has 1 fully saturated rings. The molecule has 1 aromatic carbocycles. The van der Waals surface area contributed by atoms with Crippen molar-refractivity contribution in [1.82, 2.24) is 0 Å². The van der Waals surface area contributed by atoms with Crippen molar-refractivity contribution in [3.63, 3.8) is 0 Å². The zero-order chi connectivity index (χ0) is 12.3. The molecule has 4 nitrogen and oxygen atoms in total. The fraction of sp³-hybridized carbons (Fsp3) is 0.462. The molecule has 92 valence electrons. The average Bonchev–Trinajstić information content (AvgIpc) is 2.76. The molecule has 0 bridgehead atoms. The van der Waals surface area contributed by atoms with Gasteiger partial charge in [0.15, 0.2) is 0 Å². The molecule has 4 heteroatoms. The van der Waals surface area contributed by atoms with Gasteiger partial charge in [0.25, 0.3) is 0 Å². The Labute approximate surface area is 101 Å². The molecule has 1 aliphatic heterocycles. The second kappa shape index (κ2) is 5.19. The van der Waals surface area contributed by atoms with Gasteiger partial charge in [-0.25, -0.2) is 4.79 Å². The number of hydrogen-bond donors (Lipinski definition) is 1. The molecule has 1 atom stereocenters. The van der Waals surface area contributed by atoms with Crippen LogP contribution in [0.5, 0.6) is 0 Å². The van der Waals surface area contributed by atoms with E-state index in [0.29, 0.717) is 12.2 Å². The van der Waals surface area contributed by atoms with E-state index in [2.05, 4.69) is 4.90 Å². The van der Waals surface area contributed by atoms with Gasteiger partial charge in [-0.1, -0.05) is 0 Å². The number of ether oxygens (including phenoxy) is 1. The van der Waals surface area contributed by atoms with E-state index < -0.39 is 0 Å². The fourth-order valence-corrected chi connectivity index (χ4v) is 2.12. The van der Waals surface area contributed by atoms with Crippen molar-refractivity contribution in [2.24, 2.45) is 5.73 Å². The Morgan fingerprint density at radius 2 is 2.18 bits per heavy atom. The monoisotopic (exact) mass is 234 g/mol. The van der Waals surface area contributed by atoms with Gasteiger partial charge in [0, 0.05) is 12.2 Å². The van der Waals surface area contributed by atoms with Gasteiger partial charge >= 0.3 is 5.97 Å². The molecule has 0 aliphatic carbocycles. The first-order chi connectivity index (χ1) is 8.22. The van der Waals surface area contributed by atoms with Crippen molar-refractivity contribution in [2.75, 3.05) is 18.1 Å². The molecular formula is C13H18N2O2. The maximum absolute atomic E-state index is 11.5. The molecule has 1 aliphatic rings. The summed E-state index contributed by atoms with van der Waals surface area (Å²) in [7, 11) is 0. The van der Waals surface area contributed by atoms with Crippen LogP contribution in [0.2, 0.25) is 0 Å². The highest BCUT2D eigenvalue weighted by Crippen LogP contribution is 2.23. The molecule has 0 aromatic heterocycles. The van der Waals surface area contributed by atoms with Crippen LogP contribution in [-0.4, -0.2) is 25.3 Å². The van der Waals surface area contributed by atoms with Gasteiger partial charge in [0.05, 0.1) is 18.3 Å². The Balaban J connectivity index is 2.10. The van der Waals surface area contributed by atoms with Crippen molar-refractivity contribution in [3.05, 3.63) is 29.8 Å². The highest BCUT2D eigenvalue weighted by molar-refractivity contribution is 5.89. The van der Waals surface area contributed by atoms with Gasteiger partial charge in [-0.15, -0.1) is 0 Å². The maximum Gasteiger partial charge on any atom is 0.338 e. The third-order valence-electron chi connectivity index (χ3n) is 3.01. The van der Waals surface area contributed by atoms with E-state index >= 15 is 0 Å². The summed E-state index contributed by atoms with van der Waals surface area (Å²) in [5, 5.41) is 0. The summed E-state index contributed by atoms with van der Waals surface area (Å²) in [6, 6.07) is 7.44. The van der Waals surface area contributed by atoms with Gasteiger partial charge in [-0.3, -0.25) is 0 Å². The summed E-state index contributed by atoms with van der Waals surface area (Å²) in [6.45, 7) is 3.19. The lowest BCUT2D eigenvalue weighted by Gasteiger charge is -2.23. The number of carbonyl (C=O) groups excluding carboxylic acids is 1. The summed E-state index contributed by atoms with van der Waals surface area (Å²) in [4.78, 5) is 13.6. The van der Waals surface area contributed by atoms with Gasteiger partial charge < -0.3 is 15.4 Å². The third kappa shape index (κ3) is 2.58. The SMILES string of the molecule is CCOC(=O)c1ccc(N2CCCC2N)cc1. The lowest BCUT2D eigenvalue weighted by Crippen LogP contribution is -2.36. The second-order valence-corrected chi connectivity index (χ2v) is 4.17. The van der Waals surface area contributed by atoms with E-state index in [-0.39, 0.29) is 12.1 Å². The van der Waals surface area contributed by atoms with E-state index in [1.807, 2.05) is 12.1 Å². The van der Waals surface area contributed by atoms with E-state index in [9.17, 15) is 4.79 Å². The van der Waals surface area contributed by atoms with Gasteiger partial charge in [-0.05, 0) is 44.0 Å². The van der Waals surface area contributed by atoms with Crippen molar-refractivity contribution in [1.29, 1.82) is 0 Å². The number of rotatable bonds is 3. The molecule has 1 heterocycles.